The minimum Gasteiger partial charge on any atom is -0.316 e. The highest BCUT2D eigenvalue weighted by atomic mass is 35.5. The maximum absolute atomic E-state index is 13.8. The Balaban J connectivity index is 3.14. The van der Waals surface area contributed by atoms with Crippen molar-refractivity contribution in [3.05, 3.63) is 28.5 Å². The SMILES string of the molecule is CCC(C)C(C)NS(=O)(=O)c1cc(F)c(Cl)c(CNC)c1. The van der Waals surface area contributed by atoms with Crippen molar-refractivity contribution in [2.24, 2.45) is 5.92 Å². The third kappa shape index (κ3) is 4.64. The molecule has 1 aromatic rings. The topological polar surface area (TPSA) is 58.2 Å². The standard InChI is InChI=1S/C14H22ClFN2O2S/c1-5-9(2)10(3)18-21(19,20)12-6-11(8-17-4)14(15)13(16)7-12/h6-7,9-10,17-18H,5,8H2,1-4H3. The average molecular weight is 337 g/mol. The van der Waals surface area contributed by atoms with Crippen molar-refractivity contribution in [3.8, 4) is 0 Å². The largest absolute Gasteiger partial charge is 0.316 e. The van der Waals surface area contributed by atoms with Gasteiger partial charge in [-0.15, -0.1) is 0 Å². The first-order valence-corrected chi connectivity index (χ1v) is 8.73. The third-order valence-corrected chi connectivity index (χ3v) is 5.55. The van der Waals surface area contributed by atoms with Crippen LogP contribution in [-0.2, 0) is 16.6 Å². The fourth-order valence-corrected chi connectivity index (χ4v) is 3.46. The molecule has 0 aliphatic heterocycles. The summed E-state index contributed by atoms with van der Waals surface area (Å²) in [5.74, 6) is -0.547. The lowest BCUT2D eigenvalue weighted by molar-refractivity contribution is 0.434. The zero-order valence-electron chi connectivity index (χ0n) is 12.7. The van der Waals surface area contributed by atoms with Gasteiger partial charge in [-0.25, -0.2) is 17.5 Å². The summed E-state index contributed by atoms with van der Waals surface area (Å²) in [6.07, 6.45) is 0.851. The molecule has 21 heavy (non-hydrogen) atoms. The number of rotatable bonds is 7. The lowest BCUT2D eigenvalue weighted by Crippen LogP contribution is -2.37. The van der Waals surface area contributed by atoms with Crippen LogP contribution in [-0.4, -0.2) is 21.5 Å². The molecule has 0 saturated heterocycles. The van der Waals surface area contributed by atoms with Gasteiger partial charge in [0.05, 0.1) is 9.92 Å². The molecule has 0 amide bonds. The molecule has 0 heterocycles. The van der Waals surface area contributed by atoms with E-state index < -0.39 is 15.8 Å². The van der Waals surface area contributed by atoms with E-state index in [4.69, 9.17) is 11.6 Å². The van der Waals surface area contributed by atoms with Crippen molar-refractivity contribution >= 4 is 21.6 Å². The van der Waals surface area contributed by atoms with Gasteiger partial charge in [-0.1, -0.05) is 31.9 Å². The molecule has 0 spiro atoms. The number of hydrogen-bond acceptors (Lipinski definition) is 3. The van der Waals surface area contributed by atoms with E-state index in [1.807, 2.05) is 13.8 Å². The molecular weight excluding hydrogens is 315 g/mol. The first-order chi connectivity index (χ1) is 9.72. The molecule has 1 aromatic carbocycles. The Morgan fingerprint density at radius 2 is 1.95 bits per heavy atom. The van der Waals surface area contributed by atoms with Crippen LogP contribution in [0, 0.1) is 11.7 Å². The second kappa shape index (κ2) is 7.54. The summed E-state index contributed by atoms with van der Waals surface area (Å²) in [5, 5.41) is 2.78. The maximum Gasteiger partial charge on any atom is 0.240 e. The number of nitrogens with one attached hydrogen (secondary N) is 2. The Bertz CT molecular complexity index is 593. The van der Waals surface area contributed by atoms with Gasteiger partial charge in [0.1, 0.15) is 5.82 Å². The summed E-state index contributed by atoms with van der Waals surface area (Å²) >= 11 is 5.84. The lowest BCUT2D eigenvalue weighted by atomic mass is 10.0. The first-order valence-electron chi connectivity index (χ1n) is 6.87. The van der Waals surface area contributed by atoms with Crippen LogP contribution in [0.15, 0.2) is 17.0 Å². The zero-order valence-corrected chi connectivity index (χ0v) is 14.3. The molecule has 2 N–H and O–H groups in total. The van der Waals surface area contributed by atoms with Crippen molar-refractivity contribution in [2.45, 2.75) is 44.7 Å². The molecule has 0 aromatic heterocycles. The summed E-state index contributed by atoms with van der Waals surface area (Å²) in [7, 11) is -2.09. The van der Waals surface area contributed by atoms with Crippen molar-refractivity contribution in [1.29, 1.82) is 0 Å². The van der Waals surface area contributed by atoms with Crippen LogP contribution in [0.3, 0.4) is 0 Å². The summed E-state index contributed by atoms with van der Waals surface area (Å²) in [4.78, 5) is -0.107. The fourth-order valence-electron chi connectivity index (χ4n) is 1.88. The highest BCUT2D eigenvalue weighted by Crippen LogP contribution is 2.25. The van der Waals surface area contributed by atoms with Crippen LogP contribution < -0.4 is 10.0 Å². The molecule has 2 unspecified atom stereocenters. The van der Waals surface area contributed by atoms with E-state index >= 15 is 0 Å². The molecule has 1 rings (SSSR count). The monoisotopic (exact) mass is 336 g/mol. The van der Waals surface area contributed by atoms with E-state index in [-0.39, 0.29) is 21.9 Å². The summed E-state index contributed by atoms with van der Waals surface area (Å²) in [6.45, 7) is 6.04. The van der Waals surface area contributed by atoms with Crippen molar-refractivity contribution in [1.82, 2.24) is 10.0 Å². The highest BCUT2D eigenvalue weighted by molar-refractivity contribution is 7.89. The van der Waals surface area contributed by atoms with Crippen molar-refractivity contribution in [2.75, 3.05) is 7.05 Å². The number of sulfonamides is 1. The minimum atomic E-state index is -3.77. The van der Waals surface area contributed by atoms with Crippen LogP contribution in [0.25, 0.3) is 0 Å². The van der Waals surface area contributed by atoms with Crippen molar-refractivity contribution in [3.63, 3.8) is 0 Å². The van der Waals surface area contributed by atoms with Gasteiger partial charge in [-0.3, -0.25) is 0 Å². The van der Waals surface area contributed by atoms with E-state index in [1.54, 1.807) is 14.0 Å². The van der Waals surface area contributed by atoms with E-state index in [2.05, 4.69) is 10.0 Å². The van der Waals surface area contributed by atoms with E-state index in [1.165, 1.54) is 6.07 Å². The van der Waals surface area contributed by atoms with Gasteiger partial charge < -0.3 is 5.32 Å². The summed E-state index contributed by atoms with van der Waals surface area (Å²) < 4.78 is 41.1. The molecule has 0 saturated carbocycles. The van der Waals surface area contributed by atoms with Gasteiger partial charge in [-0.2, -0.15) is 0 Å². The number of hydrogen-bond donors (Lipinski definition) is 2. The van der Waals surface area contributed by atoms with Gasteiger partial charge in [-0.05, 0) is 37.6 Å². The predicted molar refractivity (Wildman–Crippen MR) is 83.4 cm³/mol. The van der Waals surface area contributed by atoms with Crippen molar-refractivity contribution < 1.29 is 12.8 Å². The summed E-state index contributed by atoms with van der Waals surface area (Å²) in [5.41, 5.74) is 0.413. The molecule has 7 heteroatoms. The number of benzene rings is 1. The minimum absolute atomic E-state index is 0.0572. The second-order valence-electron chi connectivity index (χ2n) is 5.20. The van der Waals surface area contributed by atoms with E-state index in [9.17, 15) is 12.8 Å². The Kier molecular flexibility index (Phi) is 6.59. The molecule has 2 atom stereocenters. The van der Waals surface area contributed by atoms with Crippen LogP contribution in [0.1, 0.15) is 32.8 Å². The molecule has 120 valence electrons. The average Bonchev–Trinajstić information content (AvgIpc) is 2.42. The van der Waals surface area contributed by atoms with E-state index in [0.717, 1.165) is 12.5 Å². The predicted octanol–water partition coefficient (Wildman–Crippen LogP) is 2.91. The Morgan fingerprint density at radius 3 is 2.48 bits per heavy atom. The molecule has 4 nitrogen and oxygen atoms in total. The molecular formula is C14H22ClFN2O2S. The van der Waals surface area contributed by atoms with Crippen LogP contribution in [0.2, 0.25) is 5.02 Å². The maximum atomic E-state index is 13.8. The third-order valence-electron chi connectivity index (χ3n) is 3.59. The molecule has 0 radical (unpaired) electrons. The van der Waals surface area contributed by atoms with Gasteiger partial charge in [0.2, 0.25) is 10.0 Å². The van der Waals surface area contributed by atoms with E-state index in [0.29, 0.717) is 12.1 Å². The second-order valence-corrected chi connectivity index (χ2v) is 7.30. The number of halogens is 2. The lowest BCUT2D eigenvalue weighted by Gasteiger charge is -2.20. The smallest absolute Gasteiger partial charge is 0.240 e. The molecule has 0 aliphatic carbocycles. The van der Waals surface area contributed by atoms with Crippen LogP contribution in [0.5, 0.6) is 0 Å². The first kappa shape index (κ1) is 18.4. The zero-order chi connectivity index (χ0) is 16.2. The Morgan fingerprint density at radius 1 is 1.33 bits per heavy atom. The fraction of sp³-hybridized carbons (Fsp3) is 0.571. The molecule has 0 aliphatic rings. The Labute approximate surface area is 131 Å². The highest BCUT2D eigenvalue weighted by Gasteiger charge is 2.22. The van der Waals surface area contributed by atoms with Crippen LogP contribution >= 0.6 is 11.6 Å². The normalized spacial score (nSPS) is 15.0. The summed E-state index contributed by atoms with van der Waals surface area (Å²) in [6, 6.07) is 2.12. The van der Waals surface area contributed by atoms with Gasteiger partial charge in [0, 0.05) is 12.6 Å². The van der Waals surface area contributed by atoms with Gasteiger partial charge in [0.25, 0.3) is 0 Å². The molecule has 0 fully saturated rings. The van der Waals surface area contributed by atoms with Crippen LogP contribution in [0.4, 0.5) is 4.39 Å². The molecule has 0 bridgehead atoms. The quantitative estimate of drug-likeness (QED) is 0.805. The van der Waals surface area contributed by atoms with Gasteiger partial charge in [0.15, 0.2) is 0 Å². The Hall–Kier alpha value is -0.690. The van der Waals surface area contributed by atoms with Gasteiger partial charge >= 0.3 is 0 Å².